The Hall–Kier alpha value is -2.40. The number of benzene rings is 3. The van der Waals surface area contributed by atoms with Crippen LogP contribution < -0.4 is 8.92 Å². The highest BCUT2D eigenvalue weighted by atomic mass is 35.5. The van der Waals surface area contributed by atoms with Gasteiger partial charge in [0.25, 0.3) is 0 Å². The van der Waals surface area contributed by atoms with Crippen molar-refractivity contribution >= 4 is 68.2 Å². The summed E-state index contributed by atoms with van der Waals surface area (Å²) in [5, 5.41) is 10.7. The summed E-state index contributed by atoms with van der Waals surface area (Å²) >= 11 is 24.2. The zero-order valence-corrected chi connectivity index (χ0v) is 20.1. The molecule has 0 bridgehead atoms. The van der Waals surface area contributed by atoms with Gasteiger partial charge < -0.3 is 8.92 Å². The van der Waals surface area contributed by atoms with Crippen molar-refractivity contribution in [3.63, 3.8) is 0 Å². The van der Waals surface area contributed by atoms with Gasteiger partial charge in [0.2, 0.25) is 5.75 Å². The first-order chi connectivity index (χ1) is 15.1. The number of allylic oxidation sites excluding steroid dienone is 1. The maximum Gasteiger partial charge on any atom is 0.339 e. The van der Waals surface area contributed by atoms with Crippen molar-refractivity contribution in [2.75, 3.05) is 7.11 Å². The Labute approximate surface area is 205 Å². The molecule has 0 spiro atoms. The van der Waals surface area contributed by atoms with E-state index in [1.54, 1.807) is 12.1 Å². The zero-order chi connectivity index (χ0) is 23.5. The Morgan fingerprint density at radius 3 is 2.19 bits per heavy atom. The fourth-order valence-electron chi connectivity index (χ4n) is 2.71. The number of nitriles is 1. The second-order valence-electron chi connectivity index (χ2n) is 6.32. The molecule has 5 nitrogen and oxygen atoms in total. The number of hydrogen-bond donors (Lipinski definition) is 0. The lowest BCUT2D eigenvalue weighted by Crippen LogP contribution is -2.10. The van der Waals surface area contributed by atoms with Gasteiger partial charge in [-0.2, -0.15) is 13.7 Å². The summed E-state index contributed by atoms with van der Waals surface area (Å²) in [7, 11) is -2.86. The van der Waals surface area contributed by atoms with E-state index in [2.05, 4.69) is 6.07 Å². The highest BCUT2D eigenvalue weighted by Crippen LogP contribution is 2.39. The van der Waals surface area contributed by atoms with E-state index in [4.69, 9.17) is 55.3 Å². The lowest BCUT2D eigenvalue weighted by Gasteiger charge is -2.13. The molecule has 0 aliphatic rings. The minimum Gasteiger partial charge on any atom is -0.493 e. The molecule has 0 amide bonds. The number of hydrogen-bond acceptors (Lipinski definition) is 5. The Bertz CT molecular complexity index is 1350. The summed E-state index contributed by atoms with van der Waals surface area (Å²) in [6.07, 6.45) is 1.53. The lowest BCUT2D eigenvalue weighted by molar-refractivity contribution is 0.390. The van der Waals surface area contributed by atoms with E-state index < -0.39 is 10.1 Å². The molecule has 10 heteroatoms. The highest BCUT2D eigenvalue weighted by molar-refractivity contribution is 7.87. The summed E-state index contributed by atoms with van der Waals surface area (Å²) in [4.78, 5) is -0.104. The normalized spacial score (nSPS) is 11.7. The van der Waals surface area contributed by atoms with E-state index in [1.165, 1.54) is 55.7 Å². The zero-order valence-electron chi connectivity index (χ0n) is 16.3. The second-order valence-corrected chi connectivity index (χ2v) is 9.55. The third-order valence-electron chi connectivity index (χ3n) is 4.20. The summed E-state index contributed by atoms with van der Waals surface area (Å²) in [5.74, 6) is -0.134. The third-order valence-corrected chi connectivity index (χ3v) is 6.52. The number of halogens is 4. The van der Waals surface area contributed by atoms with Crippen LogP contribution in [0.3, 0.4) is 0 Å². The van der Waals surface area contributed by atoms with Crippen LogP contribution in [0.4, 0.5) is 0 Å². The van der Waals surface area contributed by atoms with Crippen LogP contribution in [0.2, 0.25) is 20.1 Å². The molecule has 0 atom stereocenters. The van der Waals surface area contributed by atoms with Gasteiger partial charge in [-0.25, -0.2) is 0 Å². The summed E-state index contributed by atoms with van der Waals surface area (Å²) in [6.45, 7) is 0. The van der Waals surface area contributed by atoms with E-state index in [0.717, 1.165) is 0 Å². The number of methoxy groups -OCH3 is 1. The van der Waals surface area contributed by atoms with Gasteiger partial charge in [0, 0.05) is 15.6 Å². The first-order valence-corrected chi connectivity index (χ1v) is 11.7. The largest absolute Gasteiger partial charge is 0.493 e. The molecule has 0 radical (unpaired) electrons. The fraction of sp³-hybridized carbons (Fsp3) is 0.0455. The van der Waals surface area contributed by atoms with E-state index in [1.807, 2.05) is 0 Å². The van der Waals surface area contributed by atoms with Gasteiger partial charge in [-0.05, 0) is 60.2 Å². The maximum absolute atomic E-state index is 12.6. The van der Waals surface area contributed by atoms with Crippen molar-refractivity contribution < 1.29 is 17.3 Å². The molecule has 3 aromatic carbocycles. The molecule has 0 saturated heterocycles. The minimum absolute atomic E-state index is 0.0346. The molecule has 164 valence electrons. The molecule has 0 N–H and O–H groups in total. The van der Waals surface area contributed by atoms with Crippen LogP contribution in [0.1, 0.15) is 11.1 Å². The van der Waals surface area contributed by atoms with Gasteiger partial charge in [-0.15, -0.1) is 0 Å². The van der Waals surface area contributed by atoms with Gasteiger partial charge >= 0.3 is 10.1 Å². The van der Waals surface area contributed by atoms with Gasteiger partial charge in [0.15, 0.2) is 5.75 Å². The Morgan fingerprint density at radius 1 is 0.938 bits per heavy atom. The van der Waals surface area contributed by atoms with Crippen molar-refractivity contribution in [2.24, 2.45) is 0 Å². The second kappa shape index (κ2) is 10.0. The van der Waals surface area contributed by atoms with E-state index >= 15 is 0 Å². The average molecular weight is 529 g/mol. The molecular weight excluding hydrogens is 516 g/mol. The lowest BCUT2D eigenvalue weighted by atomic mass is 10.0. The van der Waals surface area contributed by atoms with Crippen LogP contribution >= 0.6 is 46.4 Å². The van der Waals surface area contributed by atoms with E-state index in [9.17, 15) is 13.7 Å². The molecule has 3 aromatic rings. The molecule has 0 aromatic heterocycles. The monoisotopic (exact) mass is 527 g/mol. The SMILES string of the molecule is COc1cc(/C=C(\C#N)c2ccc(Cl)cc2Cl)cc(Cl)c1OS(=O)(=O)c1ccc(Cl)cc1. The smallest absolute Gasteiger partial charge is 0.339 e. The molecule has 32 heavy (non-hydrogen) atoms. The number of nitrogens with zero attached hydrogens (tertiary/aromatic N) is 1. The van der Waals surface area contributed by atoms with Crippen molar-refractivity contribution in [1.29, 1.82) is 5.26 Å². The molecule has 0 fully saturated rings. The van der Waals surface area contributed by atoms with Crippen molar-refractivity contribution in [3.05, 3.63) is 85.8 Å². The Balaban J connectivity index is 2.02. The Morgan fingerprint density at radius 2 is 1.59 bits per heavy atom. The quantitative estimate of drug-likeness (QED) is 0.193. The maximum atomic E-state index is 12.6. The van der Waals surface area contributed by atoms with Crippen molar-refractivity contribution in [1.82, 2.24) is 0 Å². The van der Waals surface area contributed by atoms with Crippen LogP contribution in [0.25, 0.3) is 11.6 Å². The highest BCUT2D eigenvalue weighted by Gasteiger charge is 2.22. The first kappa shape index (κ1) is 24.2. The Kier molecular flexibility index (Phi) is 7.60. The summed E-state index contributed by atoms with van der Waals surface area (Å²) in [6, 6.07) is 15.2. The van der Waals surface area contributed by atoms with Crippen LogP contribution in [-0.4, -0.2) is 15.5 Å². The van der Waals surface area contributed by atoms with Gasteiger partial charge in [-0.1, -0.05) is 52.5 Å². The topological polar surface area (TPSA) is 76.4 Å². The fourth-order valence-corrected chi connectivity index (χ4v) is 4.60. The van der Waals surface area contributed by atoms with E-state index in [-0.39, 0.29) is 27.0 Å². The predicted octanol–water partition coefficient (Wildman–Crippen LogP) is 7.14. The standard InChI is InChI=1S/C22H13Cl4NO4S/c1-30-21-10-13(8-14(12-27)18-7-4-16(24)11-19(18)25)9-20(26)22(21)31-32(28,29)17-5-2-15(23)3-6-17/h2-11H,1H3/b14-8+. The van der Waals surface area contributed by atoms with Crippen LogP contribution in [0.15, 0.2) is 59.5 Å². The van der Waals surface area contributed by atoms with Crippen molar-refractivity contribution in [3.8, 4) is 17.6 Å². The minimum atomic E-state index is -4.20. The van der Waals surface area contributed by atoms with Crippen LogP contribution in [0.5, 0.6) is 11.5 Å². The number of rotatable bonds is 6. The molecule has 3 rings (SSSR count). The van der Waals surface area contributed by atoms with Gasteiger partial charge in [-0.3, -0.25) is 0 Å². The van der Waals surface area contributed by atoms with Gasteiger partial charge in [0.05, 0.1) is 28.8 Å². The third kappa shape index (κ3) is 5.50. The molecule has 0 heterocycles. The van der Waals surface area contributed by atoms with Crippen molar-refractivity contribution in [2.45, 2.75) is 4.90 Å². The molecule has 0 unspecified atom stereocenters. The summed E-state index contributed by atoms with van der Waals surface area (Å²) in [5.41, 5.74) is 1.18. The number of ether oxygens (including phenoxy) is 1. The van der Waals surface area contributed by atoms with E-state index in [0.29, 0.717) is 26.2 Å². The van der Waals surface area contributed by atoms with Crippen LogP contribution in [0, 0.1) is 11.3 Å². The first-order valence-electron chi connectivity index (χ1n) is 8.79. The molecule has 0 saturated carbocycles. The average Bonchev–Trinajstić information content (AvgIpc) is 2.74. The van der Waals surface area contributed by atoms with Crippen LogP contribution in [-0.2, 0) is 10.1 Å². The molecular formula is C22H13Cl4NO4S. The van der Waals surface area contributed by atoms with Gasteiger partial charge in [0.1, 0.15) is 4.90 Å². The predicted molar refractivity (Wildman–Crippen MR) is 127 cm³/mol. The molecule has 0 aliphatic carbocycles. The summed E-state index contributed by atoms with van der Waals surface area (Å²) < 4.78 is 35.8. The molecule has 0 aliphatic heterocycles.